The Balaban J connectivity index is 1.69. The second-order valence-electron chi connectivity index (χ2n) is 4.85. The number of aliphatic hydroxyl groups excluding tert-OH is 2. The maximum absolute atomic E-state index is 12.8. The van der Waals surface area contributed by atoms with Gasteiger partial charge in [0.2, 0.25) is 0 Å². The van der Waals surface area contributed by atoms with Crippen LogP contribution in [0.5, 0.6) is 0 Å². The molecule has 0 radical (unpaired) electrons. The van der Waals surface area contributed by atoms with Gasteiger partial charge in [0.05, 0.1) is 18.8 Å². The number of likely N-dealkylation sites (tertiary alicyclic amines) is 1. The highest BCUT2D eigenvalue weighted by atomic mass is 19.1. The molecule has 106 valence electrons. The number of benzene rings is 1. The normalized spacial score (nSPS) is 23.4. The lowest BCUT2D eigenvalue weighted by molar-refractivity contribution is 0.0572. The van der Waals surface area contributed by atoms with E-state index in [-0.39, 0.29) is 5.82 Å². The molecule has 1 fully saturated rings. The third-order valence-electron chi connectivity index (χ3n) is 3.26. The summed E-state index contributed by atoms with van der Waals surface area (Å²) in [6.45, 7) is 1.14. The molecule has 1 aliphatic heterocycles. The fraction of sp³-hybridized carbons (Fsp3) is 0.385. The topological polar surface area (TPSA) is 82.6 Å². The van der Waals surface area contributed by atoms with E-state index in [0.717, 1.165) is 0 Å². The average Bonchev–Trinajstić information content (AvgIpc) is 2.99. The maximum Gasteiger partial charge on any atom is 0.257 e. The monoisotopic (exact) mass is 279 g/mol. The first-order valence-electron chi connectivity index (χ1n) is 6.29. The second kappa shape index (κ2) is 5.28. The summed E-state index contributed by atoms with van der Waals surface area (Å²) in [5, 5.41) is 22.8. The Labute approximate surface area is 114 Å². The van der Waals surface area contributed by atoms with E-state index in [2.05, 4.69) is 10.1 Å². The summed E-state index contributed by atoms with van der Waals surface area (Å²) in [4.78, 5) is 6.06. The molecule has 1 aromatic heterocycles. The van der Waals surface area contributed by atoms with E-state index in [0.29, 0.717) is 36.9 Å². The van der Waals surface area contributed by atoms with Crippen LogP contribution < -0.4 is 0 Å². The number of β-amino-alcohol motifs (C(OH)–C–C–N with tert-alkyl or cyclic N) is 2. The van der Waals surface area contributed by atoms with Crippen LogP contribution in [-0.2, 0) is 6.54 Å². The van der Waals surface area contributed by atoms with Crippen LogP contribution in [0.15, 0.2) is 28.8 Å². The first kappa shape index (κ1) is 13.2. The van der Waals surface area contributed by atoms with Crippen LogP contribution in [0.25, 0.3) is 11.5 Å². The molecule has 0 aliphatic carbocycles. The van der Waals surface area contributed by atoms with Gasteiger partial charge in [0.25, 0.3) is 5.89 Å². The van der Waals surface area contributed by atoms with E-state index in [1.165, 1.54) is 12.1 Å². The van der Waals surface area contributed by atoms with E-state index in [1.807, 2.05) is 4.90 Å². The van der Waals surface area contributed by atoms with Gasteiger partial charge in [-0.1, -0.05) is 5.16 Å². The van der Waals surface area contributed by atoms with Gasteiger partial charge in [-0.15, -0.1) is 0 Å². The van der Waals surface area contributed by atoms with Crippen LogP contribution in [0, 0.1) is 5.82 Å². The van der Waals surface area contributed by atoms with Crippen LogP contribution >= 0.6 is 0 Å². The van der Waals surface area contributed by atoms with Gasteiger partial charge in [-0.05, 0) is 24.3 Å². The summed E-state index contributed by atoms with van der Waals surface area (Å²) in [5.74, 6) is 0.458. The Morgan fingerprint density at radius 3 is 2.50 bits per heavy atom. The lowest BCUT2D eigenvalue weighted by atomic mass is 10.2. The molecule has 0 amide bonds. The molecule has 6 nitrogen and oxygen atoms in total. The SMILES string of the molecule is OC1CN(Cc2noc(-c3ccc(F)cc3)n2)CC1O. The summed E-state index contributed by atoms with van der Waals surface area (Å²) >= 11 is 0. The fourth-order valence-corrected chi connectivity index (χ4v) is 2.20. The van der Waals surface area contributed by atoms with E-state index >= 15 is 0 Å². The van der Waals surface area contributed by atoms with E-state index in [1.54, 1.807) is 12.1 Å². The number of aromatic nitrogens is 2. The van der Waals surface area contributed by atoms with Crippen molar-refractivity contribution < 1.29 is 19.1 Å². The van der Waals surface area contributed by atoms with Crippen LogP contribution in [0.4, 0.5) is 4.39 Å². The van der Waals surface area contributed by atoms with Gasteiger partial charge in [-0.2, -0.15) is 4.98 Å². The van der Waals surface area contributed by atoms with Crippen molar-refractivity contribution in [1.82, 2.24) is 15.0 Å². The zero-order valence-electron chi connectivity index (χ0n) is 10.6. The maximum atomic E-state index is 12.8. The molecule has 1 aromatic carbocycles. The van der Waals surface area contributed by atoms with Crippen LogP contribution in [-0.4, -0.2) is 50.6 Å². The van der Waals surface area contributed by atoms with Crippen molar-refractivity contribution in [1.29, 1.82) is 0 Å². The molecule has 1 saturated heterocycles. The minimum absolute atomic E-state index is 0.320. The molecule has 0 saturated carbocycles. The lowest BCUT2D eigenvalue weighted by Gasteiger charge is -2.10. The predicted molar refractivity (Wildman–Crippen MR) is 67.0 cm³/mol. The van der Waals surface area contributed by atoms with E-state index in [4.69, 9.17) is 4.52 Å². The summed E-state index contributed by atoms with van der Waals surface area (Å²) in [6.07, 6.45) is -1.48. The highest BCUT2D eigenvalue weighted by Crippen LogP contribution is 2.19. The van der Waals surface area contributed by atoms with Gasteiger partial charge in [0.1, 0.15) is 5.82 Å². The summed E-state index contributed by atoms with van der Waals surface area (Å²) in [7, 11) is 0. The van der Waals surface area contributed by atoms with Crippen molar-refractivity contribution in [2.24, 2.45) is 0 Å². The van der Waals surface area contributed by atoms with Gasteiger partial charge in [-0.25, -0.2) is 4.39 Å². The zero-order valence-corrected chi connectivity index (χ0v) is 10.6. The first-order chi connectivity index (χ1) is 9.61. The molecule has 20 heavy (non-hydrogen) atoms. The summed E-state index contributed by atoms with van der Waals surface area (Å²) < 4.78 is 18.0. The first-order valence-corrected chi connectivity index (χ1v) is 6.29. The molecule has 2 aromatic rings. The minimum atomic E-state index is -0.738. The van der Waals surface area contributed by atoms with Crippen molar-refractivity contribution in [2.45, 2.75) is 18.8 Å². The van der Waals surface area contributed by atoms with Gasteiger partial charge < -0.3 is 14.7 Å². The van der Waals surface area contributed by atoms with E-state index < -0.39 is 12.2 Å². The molecule has 2 atom stereocenters. The van der Waals surface area contributed by atoms with Crippen molar-refractivity contribution in [2.75, 3.05) is 13.1 Å². The quantitative estimate of drug-likeness (QED) is 0.847. The highest BCUT2D eigenvalue weighted by Gasteiger charge is 2.30. The molecule has 1 aliphatic rings. The number of aliphatic hydroxyl groups is 2. The van der Waals surface area contributed by atoms with Crippen molar-refractivity contribution >= 4 is 0 Å². The summed E-state index contributed by atoms with van der Waals surface area (Å²) in [6, 6.07) is 5.78. The molecule has 2 unspecified atom stereocenters. The molecule has 2 heterocycles. The standard InChI is InChI=1S/C13H14FN3O3/c14-9-3-1-8(2-4-9)13-15-12(16-20-13)7-17-5-10(18)11(19)6-17/h1-4,10-11,18-19H,5-7H2. The Morgan fingerprint density at radius 1 is 1.20 bits per heavy atom. The number of rotatable bonds is 3. The van der Waals surface area contributed by atoms with Crippen molar-refractivity contribution in [3.63, 3.8) is 0 Å². The van der Waals surface area contributed by atoms with Gasteiger partial charge in [-0.3, -0.25) is 4.90 Å². The predicted octanol–water partition coefficient (Wildman–Crippen LogP) is 0.413. The molecular formula is C13H14FN3O3. The largest absolute Gasteiger partial charge is 0.389 e. The smallest absolute Gasteiger partial charge is 0.257 e. The van der Waals surface area contributed by atoms with Crippen LogP contribution in [0.3, 0.4) is 0 Å². The van der Waals surface area contributed by atoms with E-state index in [9.17, 15) is 14.6 Å². The summed E-state index contributed by atoms with van der Waals surface area (Å²) in [5.41, 5.74) is 0.645. The molecule has 0 bridgehead atoms. The Morgan fingerprint density at radius 2 is 1.85 bits per heavy atom. The molecular weight excluding hydrogens is 265 g/mol. The minimum Gasteiger partial charge on any atom is -0.389 e. The number of hydrogen-bond acceptors (Lipinski definition) is 6. The lowest BCUT2D eigenvalue weighted by Crippen LogP contribution is -2.22. The Bertz CT molecular complexity index is 577. The second-order valence-corrected chi connectivity index (χ2v) is 4.85. The van der Waals surface area contributed by atoms with Crippen molar-refractivity contribution in [3.8, 4) is 11.5 Å². The van der Waals surface area contributed by atoms with Crippen LogP contribution in [0.2, 0.25) is 0 Å². The Kier molecular flexibility index (Phi) is 3.47. The number of hydrogen-bond donors (Lipinski definition) is 2. The third kappa shape index (κ3) is 2.69. The molecule has 2 N–H and O–H groups in total. The number of nitrogens with zero attached hydrogens (tertiary/aromatic N) is 3. The molecule has 3 rings (SSSR count). The fourth-order valence-electron chi connectivity index (χ4n) is 2.20. The van der Waals surface area contributed by atoms with Gasteiger partial charge >= 0.3 is 0 Å². The zero-order chi connectivity index (χ0) is 14.1. The highest BCUT2D eigenvalue weighted by molar-refractivity contribution is 5.52. The molecule has 0 spiro atoms. The van der Waals surface area contributed by atoms with Crippen LogP contribution in [0.1, 0.15) is 5.82 Å². The average molecular weight is 279 g/mol. The Hall–Kier alpha value is -1.83. The van der Waals surface area contributed by atoms with Crippen molar-refractivity contribution in [3.05, 3.63) is 35.9 Å². The number of halogens is 1. The van der Waals surface area contributed by atoms with Gasteiger partial charge in [0, 0.05) is 18.7 Å². The third-order valence-corrected chi connectivity index (χ3v) is 3.26. The molecule has 7 heteroatoms. The van der Waals surface area contributed by atoms with Gasteiger partial charge in [0.15, 0.2) is 5.82 Å².